The number of nitrogens with two attached hydrogens (primary N) is 1. The lowest BCUT2D eigenvalue weighted by atomic mass is 9.93. The molecule has 0 aromatic heterocycles. The number of hydrogen-bond acceptors (Lipinski definition) is 3. The van der Waals surface area contributed by atoms with E-state index >= 15 is 0 Å². The molecule has 1 aliphatic carbocycles. The Morgan fingerprint density at radius 1 is 1.40 bits per heavy atom. The second-order valence-electron chi connectivity index (χ2n) is 3.64. The average Bonchev–Trinajstić information content (AvgIpc) is 2.08. The highest BCUT2D eigenvalue weighted by molar-refractivity contribution is 7.89. The van der Waals surface area contributed by atoms with E-state index in [0.717, 1.165) is 10.7 Å². The molecule has 7 heteroatoms. The summed E-state index contributed by atoms with van der Waals surface area (Å²) >= 11 is 0. The molecule has 0 radical (unpaired) electrons. The van der Waals surface area contributed by atoms with Crippen LogP contribution in [-0.2, 0) is 10.0 Å². The molecular formula is C8H16F2N2O2S. The first-order chi connectivity index (χ1) is 7.00. The quantitative estimate of drug-likeness (QED) is 0.747. The van der Waals surface area contributed by atoms with E-state index in [9.17, 15) is 17.2 Å². The van der Waals surface area contributed by atoms with Crippen molar-refractivity contribution in [3.63, 3.8) is 0 Å². The number of nitrogens with zero attached hydrogens (tertiary/aromatic N) is 1. The molecular weight excluding hydrogens is 226 g/mol. The SMILES string of the molecule is NCCCN(C1CCC1)S(=O)(=O)C(F)F. The molecule has 0 amide bonds. The minimum absolute atomic E-state index is 0.105. The van der Waals surface area contributed by atoms with Crippen LogP contribution < -0.4 is 5.73 Å². The van der Waals surface area contributed by atoms with Gasteiger partial charge in [-0.1, -0.05) is 6.42 Å². The maximum absolute atomic E-state index is 12.3. The Balaban J connectivity index is 2.70. The fourth-order valence-corrected chi connectivity index (χ4v) is 2.76. The summed E-state index contributed by atoms with van der Waals surface area (Å²) in [5.74, 6) is -3.32. The molecule has 0 spiro atoms. The average molecular weight is 242 g/mol. The standard InChI is InChI=1S/C8H16F2N2O2S/c9-8(10)15(13,14)12(6-2-5-11)7-3-1-4-7/h7-8H,1-6,11H2. The van der Waals surface area contributed by atoms with Crippen LogP contribution in [0.2, 0.25) is 0 Å². The molecule has 0 aliphatic heterocycles. The molecule has 0 aromatic carbocycles. The molecule has 0 saturated heterocycles. The maximum atomic E-state index is 12.3. The molecule has 2 N–H and O–H groups in total. The minimum atomic E-state index is -4.43. The number of hydrogen-bond donors (Lipinski definition) is 1. The lowest BCUT2D eigenvalue weighted by molar-refractivity contribution is 0.178. The number of rotatable bonds is 6. The Bertz CT molecular complexity index is 291. The van der Waals surface area contributed by atoms with E-state index in [2.05, 4.69) is 0 Å². The van der Waals surface area contributed by atoms with Crippen molar-refractivity contribution in [3.05, 3.63) is 0 Å². The predicted octanol–water partition coefficient (Wildman–Crippen LogP) is 0.742. The molecule has 1 rings (SSSR count). The van der Waals surface area contributed by atoms with Crippen LogP contribution in [0.15, 0.2) is 0 Å². The van der Waals surface area contributed by atoms with Gasteiger partial charge < -0.3 is 5.73 Å². The first-order valence-corrected chi connectivity index (χ1v) is 6.49. The van der Waals surface area contributed by atoms with Crippen LogP contribution in [0.4, 0.5) is 8.78 Å². The third-order valence-corrected chi connectivity index (χ3v) is 4.20. The Hall–Kier alpha value is -0.270. The summed E-state index contributed by atoms with van der Waals surface area (Å²) in [5, 5.41) is 0. The van der Waals surface area contributed by atoms with Gasteiger partial charge in [-0.3, -0.25) is 0 Å². The van der Waals surface area contributed by atoms with Gasteiger partial charge in [-0.15, -0.1) is 0 Å². The summed E-state index contributed by atoms with van der Waals surface area (Å²) in [5.41, 5.74) is 5.25. The third kappa shape index (κ3) is 2.85. The topological polar surface area (TPSA) is 63.4 Å². The fraction of sp³-hybridized carbons (Fsp3) is 1.00. The van der Waals surface area contributed by atoms with E-state index in [1.54, 1.807) is 0 Å². The molecule has 1 aliphatic rings. The van der Waals surface area contributed by atoms with E-state index in [-0.39, 0.29) is 12.6 Å². The van der Waals surface area contributed by atoms with Crippen LogP contribution in [0.1, 0.15) is 25.7 Å². The molecule has 0 atom stereocenters. The van der Waals surface area contributed by atoms with Gasteiger partial charge in [-0.05, 0) is 25.8 Å². The zero-order chi connectivity index (χ0) is 11.5. The molecule has 0 aromatic rings. The molecule has 4 nitrogen and oxygen atoms in total. The van der Waals surface area contributed by atoms with Crippen molar-refractivity contribution >= 4 is 10.0 Å². The zero-order valence-electron chi connectivity index (χ0n) is 8.40. The van der Waals surface area contributed by atoms with Crippen LogP contribution in [0.25, 0.3) is 0 Å². The smallest absolute Gasteiger partial charge is 0.330 e. The van der Waals surface area contributed by atoms with Crippen molar-refractivity contribution in [1.29, 1.82) is 0 Å². The van der Waals surface area contributed by atoms with Crippen LogP contribution in [0, 0.1) is 0 Å². The van der Waals surface area contributed by atoms with Gasteiger partial charge in [-0.2, -0.15) is 13.1 Å². The second kappa shape index (κ2) is 5.18. The number of sulfonamides is 1. The van der Waals surface area contributed by atoms with Gasteiger partial charge in [0, 0.05) is 12.6 Å². The Kier molecular flexibility index (Phi) is 4.42. The summed E-state index contributed by atoms with van der Waals surface area (Å²) in [7, 11) is -4.43. The van der Waals surface area contributed by atoms with Gasteiger partial charge in [0.25, 0.3) is 10.0 Å². The Morgan fingerprint density at radius 3 is 2.33 bits per heavy atom. The van der Waals surface area contributed by atoms with Crippen LogP contribution in [-0.4, -0.2) is 37.6 Å². The van der Waals surface area contributed by atoms with E-state index < -0.39 is 15.8 Å². The summed E-state index contributed by atoms with van der Waals surface area (Å²) in [6.07, 6.45) is 2.68. The van der Waals surface area contributed by atoms with Gasteiger partial charge in [-0.25, -0.2) is 8.42 Å². The zero-order valence-corrected chi connectivity index (χ0v) is 9.22. The summed E-state index contributed by atoms with van der Waals surface area (Å²) in [4.78, 5) is 0. The molecule has 90 valence electrons. The molecule has 15 heavy (non-hydrogen) atoms. The highest BCUT2D eigenvalue weighted by Gasteiger charge is 2.38. The van der Waals surface area contributed by atoms with Gasteiger partial charge in [0.15, 0.2) is 0 Å². The third-order valence-electron chi connectivity index (χ3n) is 2.62. The van der Waals surface area contributed by atoms with E-state index in [0.29, 0.717) is 25.8 Å². The van der Waals surface area contributed by atoms with Crippen molar-refractivity contribution in [2.45, 2.75) is 37.5 Å². The highest BCUT2D eigenvalue weighted by Crippen LogP contribution is 2.29. The largest absolute Gasteiger partial charge is 0.350 e. The van der Waals surface area contributed by atoms with Crippen molar-refractivity contribution in [2.75, 3.05) is 13.1 Å². The molecule has 0 bridgehead atoms. The van der Waals surface area contributed by atoms with Crippen LogP contribution in [0.5, 0.6) is 0 Å². The van der Waals surface area contributed by atoms with Crippen molar-refractivity contribution < 1.29 is 17.2 Å². The molecule has 1 fully saturated rings. The second-order valence-corrected chi connectivity index (χ2v) is 5.50. The Labute approximate surface area is 88.5 Å². The first-order valence-electron chi connectivity index (χ1n) is 4.99. The molecule has 0 heterocycles. The fourth-order valence-electron chi connectivity index (χ4n) is 1.54. The summed E-state index contributed by atoms with van der Waals surface area (Å²) in [6.45, 7) is 0.413. The highest BCUT2D eigenvalue weighted by atomic mass is 32.2. The molecule has 1 saturated carbocycles. The van der Waals surface area contributed by atoms with Crippen LogP contribution >= 0.6 is 0 Å². The van der Waals surface area contributed by atoms with Crippen molar-refractivity contribution in [1.82, 2.24) is 4.31 Å². The maximum Gasteiger partial charge on any atom is 0.350 e. The summed E-state index contributed by atoms with van der Waals surface area (Å²) < 4.78 is 48.2. The van der Waals surface area contributed by atoms with Gasteiger partial charge in [0.1, 0.15) is 0 Å². The first kappa shape index (κ1) is 12.8. The minimum Gasteiger partial charge on any atom is -0.330 e. The predicted molar refractivity (Wildman–Crippen MR) is 52.9 cm³/mol. The lowest BCUT2D eigenvalue weighted by Crippen LogP contribution is -2.47. The normalized spacial score (nSPS) is 18.5. The van der Waals surface area contributed by atoms with Crippen molar-refractivity contribution in [3.8, 4) is 0 Å². The number of alkyl halides is 2. The van der Waals surface area contributed by atoms with E-state index in [4.69, 9.17) is 5.73 Å². The monoisotopic (exact) mass is 242 g/mol. The van der Waals surface area contributed by atoms with Gasteiger partial charge in [0.05, 0.1) is 0 Å². The molecule has 0 unspecified atom stereocenters. The van der Waals surface area contributed by atoms with E-state index in [1.807, 2.05) is 0 Å². The van der Waals surface area contributed by atoms with Gasteiger partial charge in [0.2, 0.25) is 0 Å². The van der Waals surface area contributed by atoms with Gasteiger partial charge >= 0.3 is 5.76 Å². The van der Waals surface area contributed by atoms with Crippen LogP contribution in [0.3, 0.4) is 0 Å². The summed E-state index contributed by atoms with van der Waals surface area (Å²) in [6, 6.07) is -0.240. The van der Waals surface area contributed by atoms with Crippen molar-refractivity contribution in [2.24, 2.45) is 5.73 Å². The lowest BCUT2D eigenvalue weighted by Gasteiger charge is -2.36. The Morgan fingerprint density at radius 2 is 2.00 bits per heavy atom. The number of halogens is 2. The van der Waals surface area contributed by atoms with E-state index in [1.165, 1.54) is 0 Å².